The van der Waals surface area contributed by atoms with Gasteiger partial charge in [-0.1, -0.05) is 19.9 Å². The summed E-state index contributed by atoms with van der Waals surface area (Å²) in [5.74, 6) is 0.649. The van der Waals surface area contributed by atoms with Crippen LogP contribution in [0.5, 0.6) is 5.88 Å². The fourth-order valence-electron chi connectivity index (χ4n) is 0.858. The van der Waals surface area contributed by atoms with Gasteiger partial charge in [-0.2, -0.15) is 0 Å². The normalized spacial score (nSPS) is 8.62. The van der Waals surface area contributed by atoms with Gasteiger partial charge >= 0.3 is 0 Å². The van der Waals surface area contributed by atoms with Crippen LogP contribution in [0.15, 0.2) is 18.2 Å². The number of nitrogens with two attached hydrogens (primary N) is 1. The number of hydrogen-bond donors (Lipinski definition) is 1. The fourth-order valence-corrected chi connectivity index (χ4v) is 0.858. The molecule has 0 saturated heterocycles. The van der Waals surface area contributed by atoms with Gasteiger partial charge in [0, 0.05) is 18.2 Å². The molecule has 1 heterocycles. The van der Waals surface area contributed by atoms with E-state index < -0.39 is 0 Å². The van der Waals surface area contributed by atoms with Crippen molar-refractivity contribution in [2.24, 2.45) is 5.73 Å². The summed E-state index contributed by atoms with van der Waals surface area (Å²) < 4.78 is 4.95. The molecule has 0 amide bonds. The lowest BCUT2D eigenvalue weighted by Gasteiger charge is -2.00. The van der Waals surface area contributed by atoms with Crippen molar-refractivity contribution in [3.05, 3.63) is 23.9 Å². The number of ether oxygens (including phenoxy) is 1. The molecule has 3 heteroatoms. The summed E-state index contributed by atoms with van der Waals surface area (Å²) in [5, 5.41) is 0. The van der Waals surface area contributed by atoms with Crippen LogP contribution in [0.2, 0.25) is 0 Å². The number of aromatic nitrogens is 1. The van der Waals surface area contributed by atoms with Crippen LogP contribution in [0.1, 0.15) is 19.5 Å². The number of rotatable bonds is 3. The molecule has 2 N–H and O–H groups in total. The third-order valence-corrected chi connectivity index (χ3v) is 1.39. The van der Waals surface area contributed by atoms with Crippen LogP contribution in [0.3, 0.4) is 0 Å². The largest absolute Gasteiger partial charge is 0.481 e. The van der Waals surface area contributed by atoms with Gasteiger partial charge in [0.05, 0.1) is 7.11 Å². The number of pyridine rings is 1. The summed E-state index contributed by atoms with van der Waals surface area (Å²) in [5.41, 5.74) is 6.35. The van der Waals surface area contributed by atoms with Crippen molar-refractivity contribution in [1.29, 1.82) is 0 Å². The van der Waals surface area contributed by atoms with Crippen molar-refractivity contribution in [2.45, 2.75) is 20.3 Å². The van der Waals surface area contributed by atoms with Gasteiger partial charge < -0.3 is 10.5 Å². The molecule has 0 fully saturated rings. The first-order valence-electron chi connectivity index (χ1n) is 4.57. The minimum atomic E-state index is 0.625. The summed E-state index contributed by atoms with van der Waals surface area (Å²) in [4.78, 5) is 4.18. The second kappa shape index (κ2) is 7.55. The molecule has 0 aliphatic heterocycles. The highest BCUT2D eigenvalue weighted by atomic mass is 16.5. The van der Waals surface area contributed by atoms with Crippen molar-refractivity contribution in [3.63, 3.8) is 0 Å². The van der Waals surface area contributed by atoms with E-state index in [1.165, 1.54) is 0 Å². The van der Waals surface area contributed by atoms with E-state index in [0.29, 0.717) is 12.4 Å². The topological polar surface area (TPSA) is 48.1 Å². The molecule has 0 saturated carbocycles. The average Bonchev–Trinajstić information content (AvgIpc) is 2.22. The number of hydrogen-bond acceptors (Lipinski definition) is 3. The molecule has 3 nitrogen and oxygen atoms in total. The molecule has 13 heavy (non-hydrogen) atoms. The predicted molar refractivity (Wildman–Crippen MR) is 54.9 cm³/mol. The third-order valence-electron chi connectivity index (χ3n) is 1.39. The SMILES string of the molecule is CC.COc1cccc(CCN)n1. The Hall–Kier alpha value is -1.09. The molecule has 74 valence electrons. The maximum atomic E-state index is 5.37. The van der Waals surface area contributed by atoms with Crippen molar-refractivity contribution < 1.29 is 4.74 Å². The van der Waals surface area contributed by atoms with Gasteiger partial charge in [-0.25, -0.2) is 4.98 Å². The van der Waals surface area contributed by atoms with E-state index in [1.54, 1.807) is 7.11 Å². The highest BCUT2D eigenvalue weighted by molar-refractivity contribution is 5.15. The molecule has 0 spiro atoms. The third kappa shape index (κ3) is 4.48. The zero-order valence-corrected chi connectivity index (χ0v) is 8.58. The summed E-state index contributed by atoms with van der Waals surface area (Å²) in [7, 11) is 1.61. The molecule has 1 rings (SSSR count). The van der Waals surface area contributed by atoms with Crippen LogP contribution in [-0.2, 0) is 6.42 Å². The monoisotopic (exact) mass is 182 g/mol. The second-order valence-electron chi connectivity index (χ2n) is 2.21. The second-order valence-corrected chi connectivity index (χ2v) is 2.21. The molecular formula is C10H18N2O. The van der Waals surface area contributed by atoms with Crippen LogP contribution < -0.4 is 10.5 Å². The zero-order chi connectivity index (χ0) is 10.1. The molecular weight excluding hydrogens is 164 g/mol. The minimum absolute atomic E-state index is 0.625. The molecule has 0 radical (unpaired) electrons. The fraction of sp³-hybridized carbons (Fsp3) is 0.500. The van der Waals surface area contributed by atoms with E-state index in [0.717, 1.165) is 12.1 Å². The van der Waals surface area contributed by atoms with Crippen LogP contribution in [0.25, 0.3) is 0 Å². The highest BCUT2D eigenvalue weighted by Gasteiger charge is 1.94. The smallest absolute Gasteiger partial charge is 0.213 e. The lowest BCUT2D eigenvalue weighted by molar-refractivity contribution is 0.396. The van der Waals surface area contributed by atoms with E-state index in [1.807, 2.05) is 32.0 Å². The lowest BCUT2D eigenvalue weighted by atomic mass is 10.3. The Morgan fingerprint density at radius 1 is 1.38 bits per heavy atom. The molecule has 0 aromatic carbocycles. The summed E-state index contributed by atoms with van der Waals surface area (Å²) in [6.45, 7) is 4.63. The molecule has 1 aromatic rings. The van der Waals surface area contributed by atoms with Gasteiger partial charge in [-0.05, 0) is 12.6 Å². The van der Waals surface area contributed by atoms with E-state index in [9.17, 15) is 0 Å². The van der Waals surface area contributed by atoms with Gasteiger partial charge in [-0.15, -0.1) is 0 Å². The van der Waals surface area contributed by atoms with E-state index >= 15 is 0 Å². The van der Waals surface area contributed by atoms with E-state index in [4.69, 9.17) is 10.5 Å². The summed E-state index contributed by atoms with van der Waals surface area (Å²) in [6.07, 6.45) is 0.803. The number of nitrogens with zero attached hydrogens (tertiary/aromatic N) is 1. The lowest BCUT2D eigenvalue weighted by Crippen LogP contribution is -2.04. The Labute approximate surface area is 79.9 Å². The molecule has 0 aliphatic rings. The Morgan fingerprint density at radius 2 is 2.08 bits per heavy atom. The summed E-state index contributed by atoms with van der Waals surface area (Å²) >= 11 is 0. The van der Waals surface area contributed by atoms with Crippen LogP contribution >= 0.6 is 0 Å². The first-order valence-corrected chi connectivity index (χ1v) is 4.57. The molecule has 0 bridgehead atoms. The van der Waals surface area contributed by atoms with Crippen LogP contribution in [0.4, 0.5) is 0 Å². The maximum absolute atomic E-state index is 5.37. The predicted octanol–water partition coefficient (Wildman–Crippen LogP) is 1.62. The summed E-state index contributed by atoms with van der Waals surface area (Å²) in [6, 6.07) is 5.67. The van der Waals surface area contributed by atoms with Gasteiger partial charge in [-0.3, -0.25) is 0 Å². The molecule has 0 aliphatic carbocycles. The number of methoxy groups -OCH3 is 1. The van der Waals surface area contributed by atoms with Crippen molar-refractivity contribution in [3.8, 4) is 5.88 Å². The van der Waals surface area contributed by atoms with Crippen LogP contribution in [0, 0.1) is 0 Å². The Kier molecular flexibility index (Phi) is 6.92. The highest BCUT2D eigenvalue weighted by Crippen LogP contribution is 2.06. The van der Waals surface area contributed by atoms with Crippen molar-refractivity contribution in [1.82, 2.24) is 4.98 Å². The Morgan fingerprint density at radius 3 is 2.62 bits per heavy atom. The standard InChI is InChI=1S/C8H12N2O.C2H6/c1-11-8-4-2-3-7(10-8)5-6-9;1-2/h2-4H,5-6,9H2,1H3;1-2H3. The van der Waals surface area contributed by atoms with Crippen molar-refractivity contribution in [2.75, 3.05) is 13.7 Å². The minimum Gasteiger partial charge on any atom is -0.481 e. The van der Waals surface area contributed by atoms with Crippen LogP contribution in [-0.4, -0.2) is 18.6 Å². The Balaban J connectivity index is 0.000000671. The van der Waals surface area contributed by atoms with E-state index in [-0.39, 0.29) is 0 Å². The maximum Gasteiger partial charge on any atom is 0.213 e. The van der Waals surface area contributed by atoms with Gasteiger partial charge in [0.1, 0.15) is 0 Å². The van der Waals surface area contributed by atoms with Gasteiger partial charge in [0.2, 0.25) is 5.88 Å². The van der Waals surface area contributed by atoms with Gasteiger partial charge in [0.25, 0.3) is 0 Å². The average molecular weight is 182 g/mol. The first-order chi connectivity index (χ1) is 6.36. The first kappa shape index (κ1) is 11.9. The Bertz CT molecular complexity index is 226. The van der Waals surface area contributed by atoms with Crippen molar-refractivity contribution >= 4 is 0 Å². The van der Waals surface area contributed by atoms with Gasteiger partial charge in [0.15, 0.2) is 0 Å². The van der Waals surface area contributed by atoms with E-state index in [2.05, 4.69) is 4.98 Å². The molecule has 0 unspecified atom stereocenters. The quantitative estimate of drug-likeness (QED) is 0.772. The zero-order valence-electron chi connectivity index (χ0n) is 8.58. The molecule has 1 aromatic heterocycles. The molecule has 0 atom stereocenters.